The molecule has 222 valence electrons. The Morgan fingerprint density at radius 1 is 0.700 bits per heavy atom. The maximum atomic E-state index is 5.82. The van der Waals surface area contributed by atoms with Crippen LogP contribution in [0.15, 0.2) is 34.6 Å². The molecule has 1 aromatic carbocycles. The van der Waals surface area contributed by atoms with Crippen LogP contribution in [0.25, 0.3) is 0 Å². The molecule has 1 aliphatic heterocycles. The second-order valence-electron chi connectivity index (χ2n) is 11.3. The van der Waals surface area contributed by atoms with Crippen LogP contribution in [0.5, 0.6) is 0 Å². The fraction of sp³-hybridized carbons (Fsp3) is 0.700. The Hall–Kier alpha value is -2.53. The molecular formula is C30H53N10+. The summed E-state index contributed by atoms with van der Waals surface area (Å²) in [6.07, 6.45) is 13.2. The van der Waals surface area contributed by atoms with Crippen LogP contribution in [-0.4, -0.2) is 56.9 Å². The average Bonchev–Trinajstić information content (AvgIpc) is 3.76. The lowest BCUT2D eigenvalue weighted by molar-refractivity contribution is -0.684. The monoisotopic (exact) mass is 553 g/mol. The number of rotatable bonds is 19. The van der Waals surface area contributed by atoms with Gasteiger partial charge in [-0.3, -0.25) is 0 Å². The van der Waals surface area contributed by atoms with Crippen molar-refractivity contribution < 1.29 is 4.57 Å². The predicted octanol–water partition coefficient (Wildman–Crippen LogP) is 3.65. The maximum Gasteiger partial charge on any atom is 0.421 e. The fourth-order valence-electron chi connectivity index (χ4n) is 5.65. The molecule has 0 bridgehead atoms. The summed E-state index contributed by atoms with van der Waals surface area (Å²) < 4.78 is 4.70. The van der Waals surface area contributed by atoms with Crippen molar-refractivity contribution in [3.05, 3.63) is 30.1 Å². The Bertz CT molecular complexity index is 1060. The third kappa shape index (κ3) is 8.25. The number of azo groups is 1. The van der Waals surface area contributed by atoms with E-state index in [9.17, 15) is 0 Å². The van der Waals surface area contributed by atoms with Crippen LogP contribution in [-0.2, 0) is 13.1 Å². The summed E-state index contributed by atoms with van der Waals surface area (Å²) in [6, 6.07) is 6.56. The predicted molar refractivity (Wildman–Crippen MR) is 165 cm³/mol. The van der Waals surface area contributed by atoms with Gasteiger partial charge in [-0.2, -0.15) is 0 Å². The average molecular weight is 554 g/mol. The topological polar surface area (TPSA) is 144 Å². The number of imidazole rings is 1. The van der Waals surface area contributed by atoms with Gasteiger partial charge in [-0.25, -0.2) is 9.13 Å². The summed E-state index contributed by atoms with van der Waals surface area (Å²) in [7, 11) is 0. The standard InChI is InChI=1S/C30H53N10/c31-13-1-5-17-37-21-22-38(18-6-2-14-32)28-23-26(11-12-27(28)37)35-36-30-39(19-7-3-15-33)24-29(25-9-10-25)40(30)20-8-4-16-34/h11-12,23-25H,1-10,13-22,31-34H2/q+1. The molecule has 0 radical (unpaired) electrons. The van der Waals surface area contributed by atoms with Crippen molar-refractivity contribution in [2.24, 2.45) is 33.2 Å². The molecule has 0 amide bonds. The summed E-state index contributed by atoms with van der Waals surface area (Å²) in [5.41, 5.74) is 28.0. The number of hydrogen-bond donors (Lipinski definition) is 4. The van der Waals surface area contributed by atoms with Gasteiger partial charge >= 0.3 is 5.95 Å². The zero-order valence-corrected chi connectivity index (χ0v) is 24.5. The Morgan fingerprint density at radius 2 is 1.30 bits per heavy atom. The van der Waals surface area contributed by atoms with Crippen LogP contribution in [0, 0.1) is 0 Å². The number of fused-ring (bicyclic) bond motifs is 1. The molecule has 1 aliphatic carbocycles. The number of hydrogen-bond acceptors (Lipinski definition) is 8. The number of nitrogens with two attached hydrogens (primary N) is 4. The van der Waals surface area contributed by atoms with Gasteiger partial charge in [0, 0.05) is 37.2 Å². The first-order chi connectivity index (χ1) is 19.7. The second kappa shape index (κ2) is 16.0. The Labute approximate surface area is 240 Å². The van der Waals surface area contributed by atoms with E-state index in [0.717, 1.165) is 115 Å². The van der Waals surface area contributed by atoms with Crippen LogP contribution in [0.4, 0.5) is 23.0 Å². The first-order valence-corrected chi connectivity index (χ1v) is 15.7. The van der Waals surface area contributed by atoms with Crippen molar-refractivity contribution in [2.75, 3.05) is 62.2 Å². The molecule has 1 aromatic heterocycles. The molecule has 2 aromatic rings. The molecule has 2 heterocycles. The van der Waals surface area contributed by atoms with Crippen molar-refractivity contribution in [1.82, 2.24) is 4.57 Å². The highest BCUT2D eigenvalue weighted by molar-refractivity contribution is 5.76. The molecule has 0 unspecified atom stereocenters. The normalized spacial score (nSPS) is 15.4. The first kappa shape index (κ1) is 30.4. The van der Waals surface area contributed by atoms with Gasteiger partial charge in [0.2, 0.25) is 0 Å². The smallest absolute Gasteiger partial charge is 0.368 e. The third-order valence-corrected chi connectivity index (χ3v) is 8.08. The minimum absolute atomic E-state index is 0.638. The van der Waals surface area contributed by atoms with Crippen molar-refractivity contribution in [3.63, 3.8) is 0 Å². The molecule has 0 saturated heterocycles. The van der Waals surface area contributed by atoms with E-state index in [4.69, 9.17) is 33.2 Å². The van der Waals surface area contributed by atoms with Gasteiger partial charge in [-0.05, 0) is 109 Å². The molecule has 2 aliphatic rings. The summed E-state index contributed by atoms with van der Waals surface area (Å²) >= 11 is 0. The molecule has 10 heteroatoms. The molecular weight excluding hydrogens is 500 g/mol. The Morgan fingerprint density at radius 3 is 1.93 bits per heavy atom. The highest BCUT2D eigenvalue weighted by Crippen LogP contribution is 2.41. The third-order valence-electron chi connectivity index (χ3n) is 8.08. The van der Waals surface area contributed by atoms with Crippen molar-refractivity contribution >= 4 is 23.0 Å². The minimum Gasteiger partial charge on any atom is -0.368 e. The van der Waals surface area contributed by atoms with Crippen LogP contribution in [0.1, 0.15) is 75.8 Å². The van der Waals surface area contributed by atoms with Gasteiger partial charge in [0.25, 0.3) is 0 Å². The minimum atomic E-state index is 0.638. The maximum absolute atomic E-state index is 5.82. The van der Waals surface area contributed by atoms with Gasteiger partial charge in [0.15, 0.2) is 0 Å². The number of benzene rings is 1. The molecule has 10 nitrogen and oxygen atoms in total. The van der Waals surface area contributed by atoms with Crippen molar-refractivity contribution in [2.45, 2.75) is 83.2 Å². The SMILES string of the molecule is NCCCCN1CCN(CCCCN)c2cc(N=Nc3n(CCCCN)c(C4CC4)c[n+]3CCCCN)ccc21. The van der Waals surface area contributed by atoms with E-state index in [1.165, 1.54) is 29.9 Å². The second-order valence-corrected chi connectivity index (χ2v) is 11.3. The number of aromatic nitrogens is 2. The molecule has 8 N–H and O–H groups in total. The van der Waals surface area contributed by atoms with E-state index in [2.05, 4.69) is 43.3 Å². The van der Waals surface area contributed by atoms with Crippen LogP contribution < -0.4 is 37.3 Å². The highest BCUT2D eigenvalue weighted by atomic mass is 15.3. The van der Waals surface area contributed by atoms with E-state index < -0.39 is 0 Å². The molecule has 0 spiro atoms. The Kier molecular flexibility index (Phi) is 12.2. The van der Waals surface area contributed by atoms with Crippen LogP contribution in [0.3, 0.4) is 0 Å². The quantitative estimate of drug-likeness (QED) is 0.119. The molecule has 40 heavy (non-hydrogen) atoms. The molecule has 4 rings (SSSR count). The summed E-state index contributed by atoms with van der Waals surface area (Å²) in [6.45, 7) is 8.83. The fourth-order valence-corrected chi connectivity index (χ4v) is 5.65. The lowest BCUT2D eigenvalue weighted by Gasteiger charge is -2.39. The molecule has 0 atom stereocenters. The lowest BCUT2D eigenvalue weighted by Crippen LogP contribution is -2.42. The van der Waals surface area contributed by atoms with Gasteiger partial charge in [-0.15, -0.1) is 0 Å². The highest BCUT2D eigenvalue weighted by Gasteiger charge is 2.34. The van der Waals surface area contributed by atoms with Crippen molar-refractivity contribution in [3.8, 4) is 0 Å². The van der Waals surface area contributed by atoms with Gasteiger partial charge in [0.1, 0.15) is 17.6 Å². The molecule has 1 saturated carbocycles. The number of aryl methyl sites for hydroxylation is 1. The van der Waals surface area contributed by atoms with Gasteiger partial charge in [-0.1, -0.05) is 5.11 Å². The Balaban J connectivity index is 1.62. The first-order valence-electron chi connectivity index (χ1n) is 15.7. The van der Waals surface area contributed by atoms with E-state index in [0.29, 0.717) is 19.0 Å². The van der Waals surface area contributed by atoms with Crippen LogP contribution in [0.2, 0.25) is 0 Å². The largest absolute Gasteiger partial charge is 0.421 e. The van der Waals surface area contributed by atoms with E-state index in [1.807, 2.05) is 0 Å². The van der Waals surface area contributed by atoms with E-state index in [1.54, 1.807) is 0 Å². The van der Waals surface area contributed by atoms with E-state index in [-0.39, 0.29) is 0 Å². The number of unbranched alkanes of at least 4 members (excludes halogenated alkanes) is 4. The van der Waals surface area contributed by atoms with Crippen LogP contribution >= 0.6 is 0 Å². The zero-order chi connectivity index (χ0) is 28.2. The van der Waals surface area contributed by atoms with Gasteiger partial charge < -0.3 is 32.7 Å². The number of nitrogens with zero attached hydrogens (tertiary/aromatic N) is 6. The summed E-state index contributed by atoms with van der Waals surface area (Å²) in [5.74, 6) is 1.58. The lowest BCUT2D eigenvalue weighted by atomic mass is 10.1. The van der Waals surface area contributed by atoms with Crippen molar-refractivity contribution in [1.29, 1.82) is 0 Å². The number of anilines is 2. The van der Waals surface area contributed by atoms with E-state index >= 15 is 0 Å². The zero-order valence-electron chi connectivity index (χ0n) is 24.5. The molecule has 1 fully saturated rings. The van der Waals surface area contributed by atoms with Gasteiger partial charge in [0.05, 0.1) is 24.5 Å². The summed E-state index contributed by atoms with van der Waals surface area (Å²) in [4.78, 5) is 5.00. The summed E-state index contributed by atoms with van der Waals surface area (Å²) in [5, 5.41) is 9.76.